The minimum absolute atomic E-state index is 0.00674. The normalized spacial score (nSPS) is 20.7. The predicted octanol–water partition coefficient (Wildman–Crippen LogP) is -0.329. The third kappa shape index (κ3) is 3.74. The van der Waals surface area contributed by atoms with Gasteiger partial charge in [0.1, 0.15) is 28.9 Å². The highest BCUT2D eigenvalue weighted by Gasteiger charge is 2.55. The fraction of sp³-hybridized carbons (Fsp3) is 0.318. The van der Waals surface area contributed by atoms with E-state index in [1.165, 1.54) is 24.3 Å². The van der Waals surface area contributed by atoms with Gasteiger partial charge < -0.3 is 26.0 Å². The summed E-state index contributed by atoms with van der Waals surface area (Å²) in [5, 5.41) is 21.0. The number of phenols is 1. The van der Waals surface area contributed by atoms with Crippen molar-refractivity contribution in [3.05, 3.63) is 61.5 Å². The highest BCUT2D eigenvalue weighted by Crippen LogP contribution is 2.44. The predicted molar refractivity (Wildman–Crippen MR) is 122 cm³/mol. The molecule has 0 bridgehead atoms. The van der Waals surface area contributed by atoms with Gasteiger partial charge in [0.05, 0.1) is 11.7 Å². The highest BCUT2D eigenvalue weighted by molar-refractivity contribution is 8.00. The number of ether oxygens (including phenoxy) is 1. The molecule has 2 aromatic carbocycles. The molecule has 0 spiro atoms. The molecule has 2 amide bonds. The number of carbonyl (C=O) groups excluding carboxylic acids is 2. The number of nitrogens with zero attached hydrogens (tertiary/aromatic N) is 1. The fourth-order valence-electron chi connectivity index (χ4n) is 3.88. The molecular formula is C22H21N3O8S. The number of phenolic OH excluding ortho intramolecular Hbond substituents is 1. The summed E-state index contributed by atoms with van der Waals surface area (Å²) in [4.78, 5) is 62.7. The minimum Gasteiger partial charge on any atom is -0.508 e. The van der Waals surface area contributed by atoms with Gasteiger partial charge in [-0.15, -0.1) is 11.8 Å². The number of fused-ring (bicyclic) bond motifs is 1. The maximum Gasteiger partial charge on any atom is 0.352 e. The van der Waals surface area contributed by atoms with Crippen molar-refractivity contribution in [2.24, 2.45) is 5.73 Å². The molecule has 2 aliphatic rings. The molecule has 5 N–H and O–H groups in total. The molecule has 4 rings (SSSR count). The second-order valence-electron chi connectivity index (χ2n) is 8.13. The molecule has 0 saturated carbocycles. The molecule has 1 unspecified atom stereocenters. The summed E-state index contributed by atoms with van der Waals surface area (Å²) in [6.45, 7) is 3.32. The summed E-state index contributed by atoms with van der Waals surface area (Å²) < 4.78 is 5.40. The molecule has 1 fully saturated rings. The van der Waals surface area contributed by atoms with Crippen LogP contribution in [0.4, 0.5) is 0 Å². The lowest BCUT2D eigenvalue weighted by atomic mass is 9.95. The molecule has 3 atom stereocenters. The van der Waals surface area contributed by atoms with Crippen molar-refractivity contribution in [1.82, 2.24) is 10.2 Å². The van der Waals surface area contributed by atoms with E-state index in [1.54, 1.807) is 13.8 Å². The number of nitrogens with two attached hydrogens (primary N) is 1. The number of hydrogen-bond acceptors (Lipinski definition) is 9. The summed E-state index contributed by atoms with van der Waals surface area (Å²) in [5.74, 6) is -2.94. The number of β-lactam (4-membered cyclic amide) rings is 1. The SMILES string of the molecule is CC(C)Oc1c(C2=C(C(=O)O)N3C(=O)C(NC(=O)[C@H](N)c4ccc(O)cc4)[C@H]3SC2)c(=O)c1=O. The Kier molecular flexibility index (Phi) is 5.96. The number of carbonyl (C=O) groups is 3. The second kappa shape index (κ2) is 8.61. The van der Waals surface area contributed by atoms with Crippen molar-refractivity contribution in [2.45, 2.75) is 37.4 Å². The van der Waals surface area contributed by atoms with Crippen LogP contribution in [0.1, 0.15) is 31.0 Å². The zero-order chi connectivity index (χ0) is 24.9. The molecule has 34 heavy (non-hydrogen) atoms. The Balaban J connectivity index is 1.58. The van der Waals surface area contributed by atoms with Crippen LogP contribution in [0.2, 0.25) is 0 Å². The summed E-state index contributed by atoms with van der Waals surface area (Å²) in [6.07, 6.45) is -0.414. The minimum atomic E-state index is -1.44. The number of rotatable bonds is 7. The average Bonchev–Trinajstić information content (AvgIpc) is 2.80. The number of aromatic hydroxyl groups is 1. The van der Waals surface area contributed by atoms with E-state index in [0.29, 0.717) is 5.56 Å². The molecule has 2 aliphatic heterocycles. The van der Waals surface area contributed by atoms with Crippen molar-refractivity contribution in [1.29, 1.82) is 0 Å². The van der Waals surface area contributed by atoms with E-state index in [1.807, 2.05) is 0 Å². The first-order chi connectivity index (χ1) is 16.0. The van der Waals surface area contributed by atoms with E-state index in [9.17, 15) is 34.2 Å². The average molecular weight is 487 g/mol. The smallest absolute Gasteiger partial charge is 0.352 e. The first kappa shape index (κ1) is 23.5. The van der Waals surface area contributed by atoms with Gasteiger partial charge in [0, 0.05) is 11.3 Å². The van der Waals surface area contributed by atoms with Gasteiger partial charge in [0.25, 0.3) is 11.3 Å². The number of hydrogen-bond donors (Lipinski definition) is 4. The lowest BCUT2D eigenvalue weighted by Crippen LogP contribution is -2.71. The van der Waals surface area contributed by atoms with Crippen LogP contribution in [-0.4, -0.2) is 56.2 Å². The summed E-state index contributed by atoms with van der Waals surface area (Å²) in [6, 6.07) is 3.57. The Morgan fingerprint density at radius 3 is 2.41 bits per heavy atom. The largest absolute Gasteiger partial charge is 0.508 e. The number of amides is 2. The molecule has 0 aliphatic carbocycles. The lowest BCUT2D eigenvalue weighted by molar-refractivity contribution is -0.150. The van der Waals surface area contributed by atoms with Crippen molar-refractivity contribution in [2.75, 3.05) is 5.75 Å². The van der Waals surface area contributed by atoms with E-state index in [2.05, 4.69) is 5.32 Å². The van der Waals surface area contributed by atoms with Gasteiger partial charge in [0.2, 0.25) is 11.3 Å². The topological polar surface area (TPSA) is 176 Å². The van der Waals surface area contributed by atoms with Gasteiger partial charge >= 0.3 is 5.97 Å². The van der Waals surface area contributed by atoms with Gasteiger partial charge in [0.15, 0.2) is 5.75 Å². The molecule has 2 heterocycles. The Labute approximate surface area is 196 Å². The lowest BCUT2D eigenvalue weighted by Gasteiger charge is -2.49. The van der Waals surface area contributed by atoms with Gasteiger partial charge in [-0.2, -0.15) is 0 Å². The first-order valence-electron chi connectivity index (χ1n) is 10.3. The zero-order valence-electron chi connectivity index (χ0n) is 18.1. The van der Waals surface area contributed by atoms with Crippen LogP contribution in [0.15, 0.2) is 39.6 Å². The number of carboxylic acid groups (broad SMARTS) is 1. The molecule has 12 heteroatoms. The molecule has 0 radical (unpaired) electrons. The first-order valence-corrected chi connectivity index (χ1v) is 11.3. The molecule has 178 valence electrons. The van der Waals surface area contributed by atoms with Gasteiger partial charge in [-0.25, -0.2) is 4.79 Å². The summed E-state index contributed by atoms with van der Waals surface area (Å²) in [5.41, 5.74) is 4.17. The monoisotopic (exact) mass is 487 g/mol. The molecular weight excluding hydrogens is 466 g/mol. The maximum absolute atomic E-state index is 12.9. The van der Waals surface area contributed by atoms with Crippen LogP contribution < -0.4 is 26.6 Å². The summed E-state index contributed by atoms with van der Waals surface area (Å²) >= 11 is 1.15. The quantitative estimate of drug-likeness (QED) is 0.299. The van der Waals surface area contributed by atoms with Crippen LogP contribution in [0.25, 0.3) is 5.57 Å². The van der Waals surface area contributed by atoms with E-state index < -0.39 is 57.9 Å². The van der Waals surface area contributed by atoms with Crippen LogP contribution in [0, 0.1) is 0 Å². The standard InChI is InChI=1S/C22H21N3O8S/c1-8(2)33-18-12(16(27)17(18)28)11-7-34-21-14(20(30)25(21)15(11)22(31)32)24-19(29)13(23)9-3-5-10(26)6-4-9/h3-6,8,13-14,21,26H,7,23H2,1-2H3,(H,24,29)(H,31,32)/t13-,14?,21-/m1/s1. The van der Waals surface area contributed by atoms with Crippen LogP contribution in [0.3, 0.4) is 0 Å². The number of thioether (sulfide) groups is 1. The number of nitrogens with one attached hydrogen (secondary N) is 1. The third-order valence-corrected chi connectivity index (χ3v) is 6.81. The zero-order valence-corrected chi connectivity index (χ0v) is 18.9. The molecule has 2 aromatic rings. The van der Waals surface area contributed by atoms with E-state index in [0.717, 1.165) is 16.7 Å². The fourth-order valence-corrected chi connectivity index (χ4v) is 5.23. The van der Waals surface area contributed by atoms with E-state index in [4.69, 9.17) is 10.5 Å². The van der Waals surface area contributed by atoms with Gasteiger partial charge in [-0.05, 0) is 31.5 Å². The van der Waals surface area contributed by atoms with Crippen molar-refractivity contribution < 1.29 is 29.3 Å². The Morgan fingerprint density at radius 1 is 1.18 bits per heavy atom. The third-order valence-electron chi connectivity index (χ3n) is 5.53. The Bertz CT molecular complexity index is 1290. The van der Waals surface area contributed by atoms with Crippen molar-refractivity contribution in [3.8, 4) is 11.5 Å². The number of aliphatic carboxylic acids is 1. The van der Waals surface area contributed by atoms with Gasteiger partial charge in [-0.1, -0.05) is 12.1 Å². The Hall–Kier alpha value is -3.64. The number of benzene rings is 1. The number of carboxylic acids is 1. The second-order valence-corrected chi connectivity index (χ2v) is 9.23. The van der Waals surface area contributed by atoms with Crippen LogP contribution in [-0.2, 0) is 14.4 Å². The van der Waals surface area contributed by atoms with Gasteiger partial charge in [-0.3, -0.25) is 24.1 Å². The molecule has 0 aromatic heterocycles. The van der Waals surface area contributed by atoms with Crippen molar-refractivity contribution in [3.63, 3.8) is 0 Å². The van der Waals surface area contributed by atoms with Crippen molar-refractivity contribution >= 4 is 35.1 Å². The Morgan fingerprint density at radius 2 is 1.82 bits per heavy atom. The highest BCUT2D eigenvalue weighted by atomic mass is 32.2. The molecule has 11 nitrogen and oxygen atoms in total. The molecule has 1 saturated heterocycles. The summed E-state index contributed by atoms with van der Waals surface area (Å²) in [7, 11) is 0. The van der Waals surface area contributed by atoms with E-state index in [-0.39, 0.29) is 28.4 Å². The van der Waals surface area contributed by atoms with Crippen LogP contribution in [0.5, 0.6) is 11.5 Å². The van der Waals surface area contributed by atoms with E-state index >= 15 is 0 Å². The maximum atomic E-state index is 12.9. The van der Waals surface area contributed by atoms with Crippen LogP contribution >= 0.6 is 11.8 Å².